The average Bonchev–Trinajstić information content (AvgIpc) is 3.05. The fourth-order valence-electron chi connectivity index (χ4n) is 2.89. The Kier molecular flexibility index (Phi) is 3.65. The maximum Gasteiger partial charge on any atom is 0.265 e. The van der Waals surface area contributed by atoms with Gasteiger partial charge in [0.25, 0.3) is 5.91 Å². The minimum absolute atomic E-state index is 0.0218. The number of primary amides is 1. The highest BCUT2D eigenvalue weighted by Crippen LogP contribution is 2.49. The maximum atomic E-state index is 12.7. The van der Waals surface area contributed by atoms with Crippen molar-refractivity contribution in [1.82, 2.24) is 9.97 Å². The van der Waals surface area contributed by atoms with Crippen molar-refractivity contribution in [1.29, 1.82) is 0 Å². The predicted molar refractivity (Wildman–Crippen MR) is 96.4 cm³/mol. The quantitative estimate of drug-likeness (QED) is 0.658. The second kappa shape index (κ2) is 5.86. The summed E-state index contributed by atoms with van der Waals surface area (Å²) in [6.07, 6.45) is 3.37. The van der Waals surface area contributed by atoms with Crippen molar-refractivity contribution in [2.75, 3.05) is 5.32 Å². The lowest BCUT2D eigenvalue weighted by atomic mass is 9.95. The molecule has 0 bridgehead atoms. The van der Waals surface area contributed by atoms with Crippen molar-refractivity contribution in [2.45, 2.75) is 18.3 Å². The molecule has 3 aromatic rings. The van der Waals surface area contributed by atoms with Gasteiger partial charge in [-0.15, -0.1) is 11.3 Å². The smallest absolute Gasteiger partial charge is 0.265 e. The largest absolute Gasteiger partial charge is 0.364 e. The number of benzene rings is 1. The van der Waals surface area contributed by atoms with E-state index in [2.05, 4.69) is 15.3 Å². The van der Waals surface area contributed by atoms with E-state index in [-0.39, 0.29) is 5.91 Å². The van der Waals surface area contributed by atoms with Gasteiger partial charge in [0.1, 0.15) is 5.69 Å². The number of nitrogens with two attached hydrogens (primary N) is 1. The number of rotatable bonds is 5. The van der Waals surface area contributed by atoms with Crippen LogP contribution in [-0.2, 0) is 10.2 Å². The monoisotopic (exact) mass is 352 g/mol. The summed E-state index contributed by atoms with van der Waals surface area (Å²) < 4.78 is 0. The molecule has 2 heterocycles. The first kappa shape index (κ1) is 15.6. The molecule has 126 valence electrons. The molecular weight excluding hydrogens is 336 g/mol. The summed E-state index contributed by atoms with van der Waals surface area (Å²) in [5, 5.41) is 5.31. The van der Waals surface area contributed by atoms with E-state index in [1.807, 2.05) is 35.7 Å². The highest BCUT2D eigenvalue weighted by Gasteiger charge is 2.51. The van der Waals surface area contributed by atoms with E-state index < -0.39 is 11.3 Å². The third kappa shape index (κ3) is 2.83. The van der Waals surface area contributed by atoms with Crippen LogP contribution in [0.4, 0.5) is 5.13 Å². The van der Waals surface area contributed by atoms with Crippen molar-refractivity contribution in [3.8, 4) is 11.3 Å². The third-order valence-electron chi connectivity index (χ3n) is 4.48. The second-order valence-electron chi connectivity index (χ2n) is 6.11. The van der Waals surface area contributed by atoms with Gasteiger partial charge in [0.15, 0.2) is 5.13 Å². The molecule has 1 aliphatic rings. The Hall–Kier alpha value is -2.93. The van der Waals surface area contributed by atoms with Crippen molar-refractivity contribution in [3.05, 3.63) is 59.2 Å². The van der Waals surface area contributed by atoms with E-state index in [0.717, 1.165) is 24.0 Å². The summed E-state index contributed by atoms with van der Waals surface area (Å²) in [6.45, 7) is 0. The lowest BCUT2D eigenvalue weighted by Crippen LogP contribution is -2.27. The van der Waals surface area contributed by atoms with Gasteiger partial charge >= 0.3 is 0 Å². The molecule has 1 fully saturated rings. The minimum Gasteiger partial charge on any atom is -0.364 e. The molecule has 7 heteroatoms. The molecule has 0 unspecified atom stereocenters. The third-order valence-corrected chi connectivity index (χ3v) is 5.24. The summed E-state index contributed by atoms with van der Waals surface area (Å²) in [5.74, 6) is -0.542. The molecule has 1 aliphatic carbocycles. The minimum atomic E-state index is -0.520. The first-order chi connectivity index (χ1) is 12.1. The molecule has 4 rings (SSSR count). The first-order valence-corrected chi connectivity index (χ1v) is 8.77. The number of anilines is 1. The number of aromatic amines is 1. The van der Waals surface area contributed by atoms with Crippen LogP contribution < -0.4 is 11.1 Å². The molecular formula is C18H16N4O2S. The number of aromatic nitrogens is 2. The summed E-state index contributed by atoms with van der Waals surface area (Å²) in [5.41, 5.74) is 7.63. The van der Waals surface area contributed by atoms with Crippen LogP contribution in [0.15, 0.2) is 48.0 Å². The van der Waals surface area contributed by atoms with E-state index in [1.54, 1.807) is 12.3 Å². The van der Waals surface area contributed by atoms with Crippen molar-refractivity contribution >= 4 is 28.3 Å². The van der Waals surface area contributed by atoms with Gasteiger partial charge in [0.05, 0.1) is 11.1 Å². The number of carbonyl (C=O) groups is 2. The number of carbonyl (C=O) groups excluding carboxylic acids is 2. The van der Waals surface area contributed by atoms with Gasteiger partial charge in [-0.3, -0.25) is 9.59 Å². The van der Waals surface area contributed by atoms with Crippen molar-refractivity contribution < 1.29 is 9.59 Å². The molecule has 4 N–H and O–H groups in total. The standard InChI is InChI=1S/C18H16N4O2S/c19-15(23)13-8-11(9-20-13)14-10-25-17(21-14)22-16(24)18(6-7-18)12-4-2-1-3-5-12/h1-5,8-10,20H,6-7H2,(H2,19,23)(H,21,22,24). The normalized spacial score (nSPS) is 14.9. The fourth-order valence-corrected chi connectivity index (χ4v) is 3.61. The van der Waals surface area contributed by atoms with Gasteiger partial charge in [-0.2, -0.15) is 0 Å². The van der Waals surface area contributed by atoms with E-state index in [9.17, 15) is 9.59 Å². The molecule has 0 radical (unpaired) electrons. The Morgan fingerprint density at radius 2 is 2.00 bits per heavy atom. The van der Waals surface area contributed by atoms with E-state index >= 15 is 0 Å². The van der Waals surface area contributed by atoms with Gasteiger partial charge in [0, 0.05) is 17.1 Å². The molecule has 1 aromatic carbocycles. The van der Waals surface area contributed by atoms with Crippen LogP contribution in [0.3, 0.4) is 0 Å². The summed E-state index contributed by atoms with van der Waals surface area (Å²) in [4.78, 5) is 31.1. The molecule has 6 nitrogen and oxygen atoms in total. The number of hydrogen-bond donors (Lipinski definition) is 3. The zero-order chi connectivity index (χ0) is 17.4. The molecule has 0 aliphatic heterocycles. The zero-order valence-electron chi connectivity index (χ0n) is 13.3. The van der Waals surface area contributed by atoms with Gasteiger partial charge in [-0.1, -0.05) is 30.3 Å². The number of amides is 2. The number of nitrogens with zero attached hydrogens (tertiary/aromatic N) is 1. The number of nitrogens with one attached hydrogen (secondary N) is 2. The van der Waals surface area contributed by atoms with Crippen LogP contribution in [0.2, 0.25) is 0 Å². The Morgan fingerprint density at radius 3 is 2.64 bits per heavy atom. The SMILES string of the molecule is NC(=O)c1cc(-c2csc(NC(=O)C3(c4ccccc4)CC3)n2)c[nH]1. The van der Waals surface area contributed by atoms with Gasteiger partial charge in [0.2, 0.25) is 5.91 Å². The topological polar surface area (TPSA) is 101 Å². The van der Waals surface area contributed by atoms with Crippen LogP contribution in [0.5, 0.6) is 0 Å². The predicted octanol–water partition coefficient (Wildman–Crippen LogP) is 2.91. The van der Waals surface area contributed by atoms with E-state index in [0.29, 0.717) is 16.5 Å². The number of thiazole rings is 1. The lowest BCUT2D eigenvalue weighted by Gasteiger charge is -2.14. The number of hydrogen-bond acceptors (Lipinski definition) is 4. The molecule has 0 spiro atoms. The number of H-pyrrole nitrogens is 1. The van der Waals surface area contributed by atoms with Crippen molar-refractivity contribution in [2.24, 2.45) is 5.73 Å². The van der Waals surface area contributed by atoms with Gasteiger partial charge < -0.3 is 16.0 Å². The lowest BCUT2D eigenvalue weighted by molar-refractivity contribution is -0.118. The highest BCUT2D eigenvalue weighted by molar-refractivity contribution is 7.14. The summed E-state index contributed by atoms with van der Waals surface area (Å²) >= 11 is 1.36. The van der Waals surface area contributed by atoms with Crippen LogP contribution in [0.25, 0.3) is 11.3 Å². The van der Waals surface area contributed by atoms with Crippen LogP contribution in [0.1, 0.15) is 28.9 Å². The molecule has 2 aromatic heterocycles. The van der Waals surface area contributed by atoms with Crippen LogP contribution >= 0.6 is 11.3 Å². The Morgan fingerprint density at radius 1 is 1.24 bits per heavy atom. The Bertz CT molecular complexity index is 941. The molecule has 0 atom stereocenters. The Labute approximate surface area is 148 Å². The molecule has 0 saturated heterocycles. The molecule has 1 saturated carbocycles. The highest BCUT2D eigenvalue weighted by atomic mass is 32.1. The fraction of sp³-hybridized carbons (Fsp3) is 0.167. The van der Waals surface area contributed by atoms with E-state index in [4.69, 9.17) is 5.73 Å². The van der Waals surface area contributed by atoms with Crippen LogP contribution in [0, 0.1) is 0 Å². The summed E-state index contributed by atoms with van der Waals surface area (Å²) in [7, 11) is 0. The zero-order valence-corrected chi connectivity index (χ0v) is 14.1. The van der Waals surface area contributed by atoms with Gasteiger partial charge in [-0.05, 0) is 24.5 Å². The average molecular weight is 352 g/mol. The first-order valence-electron chi connectivity index (χ1n) is 7.90. The van der Waals surface area contributed by atoms with E-state index in [1.165, 1.54) is 11.3 Å². The second-order valence-corrected chi connectivity index (χ2v) is 6.96. The van der Waals surface area contributed by atoms with Crippen LogP contribution in [-0.4, -0.2) is 21.8 Å². The van der Waals surface area contributed by atoms with Crippen molar-refractivity contribution in [3.63, 3.8) is 0 Å². The molecule has 2 amide bonds. The molecule has 25 heavy (non-hydrogen) atoms. The maximum absolute atomic E-state index is 12.7. The summed E-state index contributed by atoms with van der Waals surface area (Å²) in [6, 6.07) is 11.5. The Balaban J connectivity index is 1.51. The van der Waals surface area contributed by atoms with Gasteiger partial charge in [-0.25, -0.2) is 4.98 Å².